The quantitative estimate of drug-likeness (QED) is 0.163. The van der Waals surface area contributed by atoms with Gasteiger partial charge in [0.2, 0.25) is 0 Å². The van der Waals surface area contributed by atoms with Crippen LogP contribution in [0.5, 0.6) is 0 Å². The molecule has 10 rings (SSSR count). The van der Waals surface area contributed by atoms with E-state index in [0.717, 1.165) is 67.5 Å². The molecule has 0 fully saturated rings. The van der Waals surface area contributed by atoms with Gasteiger partial charge in [0.1, 0.15) is 0 Å². The molecular weight excluding hydrogens is 655 g/mol. The molecule has 3 aromatic heterocycles. The van der Waals surface area contributed by atoms with Crippen LogP contribution < -0.4 is 0 Å². The fourth-order valence-electron chi connectivity index (χ4n) is 7.58. The SMILES string of the molecule is c1ccc(-c2cccc(-c3ccc4c(c3)c3ccc(-c5cccc(-c6ccccc6)n5)cc3c3ccc(-c5cccc(-c6ccccc6)n5)cc43)n2)cc1. The van der Waals surface area contributed by atoms with Crippen LogP contribution in [-0.4, -0.2) is 15.0 Å². The van der Waals surface area contributed by atoms with E-state index in [0.29, 0.717) is 0 Å². The number of nitrogens with zero attached hydrogens (tertiary/aromatic N) is 3. The summed E-state index contributed by atoms with van der Waals surface area (Å²) >= 11 is 0. The molecule has 3 heterocycles. The molecule has 0 N–H and O–H groups in total. The van der Waals surface area contributed by atoms with Crippen LogP contribution in [0, 0.1) is 0 Å². The molecule has 3 heteroatoms. The van der Waals surface area contributed by atoms with E-state index in [1.165, 1.54) is 32.3 Å². The van der Waals surface area contributed by atoms with Crippen molar-refractivity contribution in [2.24, 2.45) is 0 Å². The van der Waals surface area contributed by atoms with Gasteiger partial charge in [0.15, 0.2) is 0 Å². The summed E-state index contributed by atoms with van der Waals surface area (Å²) in [5.74, 6) is 0. The first-order chi connectivity index (χ1) is 26.7. The van der Waals surface area contributed by atoms with E-state index < -0.39 is 0 Å². The lowest BCUT2D eigenvalue weighted by molar-refractivity contribution is 1.32. The molecule has 10 aromatic rings. The molecule has 0 saturated heterocycles. The van der Waals surface area contributed by atoms with E-state index >= 15 is 0 Å². The van der Waals surface area contributed by atoms with Gasteiger partial charge in [-0.15, -0.1) is 0 Å². The summed E-state index contributed by atoms with van der Waals surface area (Å²) in [6.45, 7) is 0. The Balaban J connectivity index is 1.17. The second-order valence-electron chi connectivity index (χ2n) is 13.6. The van der Waals surface area contributed by atoms with Crippen molar-refractivity contribution >= 4 is 32.3 Å². The molecular formula is C51H33N3. The molecule has 0 atom stereocenters. The third kappa shape index (κ3) is 5.78. The average Bonchev–Trinajstić information content (AvgIpc) is 3.27. The lowest BCUT2D eigenvalue weighted by Crippen LogP contribution is -1.92. The fraction of sp³-hybridized carbons (Fsp3) is 0. The molecule has 0 saturated carbocycles. The summed E-state index contributed by atoms with van der Waals surface area (Å²) < 4.78 is 0. The van der Waals surface area contributed by atoms with Crippen molar-refractivity contribution in [3.05, 3.63) is 200 Å². The number of fused-ring (bicyclic) bond motifs is 6. The molecule has 54 heavy (non-hydrogen) atoms. The number of pyridine rings is 3. The van der Waals surface area contributed by atoms with Gasteiger partial charge in [-0.1, -0.05) is 146 Å². The molecule has 0 aliphatic heterocycles. The van der Waals surface area contributed by atoms with Gasteiger partial charge >= 0.3 is 0 Å². The molecule has 252 valence electrons. The number of hydrogen-bond donors (Lipinski definition) is 0. The molecule has 0 bridgehead atoms. The van der Waals surface area contributed by atoms with Crippen LogP contribution in [0.2, 0.25) is 0 Å². The number of rotatable bonds is 6. The first-order valence-electron chi connectivity index (χ1n) is 18.3. The third-order valence-electron chi connectivity index (χ3n) is 10.3. The van der Waals surface area contributed by atoms with Crippen molar-refractivity contribution in [2.75, 3.05) is 0 Å². The number of aromatic nitrogens is 3. The Morgan fingerprint density at radius 3 is 0.722 bits per heavy atom. The van der Waals surface area contributed by atoms with E-state index in [2.05, 4.69) is 182 Å². The summed E-state index contributed by atoms with van der Waals surface area (Å²) in [4.78, 5) is 15.4. The summed E-state index contributed by atoms with van der Waals surface area (Å²) in [6.07, 6.45) is 0. The summed E-state index contributed by atoms with van der Waals surface area (Å²) in [5.41, 5.74) is 12.3. The van der Waals surface area contributed by atoms with E-state index in [1.807, 2.05) is 18.2 Å². The highest BCUT2D eigenvalue weighted by molar-refractivity contribution is 6.26. The van der Waals surface area contributed by atoms with Crippen LogP contribution in [0.4, 0.5) is 0 Å². The third-order valence-corrected chi connectivity index (χ3v) is 10.3. The monoisotopic (exact) mass is 687 g/mol. The number of benzene rings is 7. The fourth-order valence-corrected chi connectivity index (χ4v) is 7.58. The molecule has 0 aliphatic carbocycles. The molecule has 3 nitrogen and oxygen atoms in total. The highest BCUT2D eigenvalue weighted by atomic mass is 14.7. The molecule has 0 spiro atoms. The molecule has 0 radical (unpaired) electrons. The van der Waals surface area contributed by atoms with Crippen LogP contribution in [-0.2, 0) is 0 Å². The summed E-state index contributed by atoms with van der Waals surface area (Å²) in [6, 6.07) is 70.3. The Kier molecular flexibility index (Phi) is 7.81. The van der Waals surface area contributed by atoms with E-state index in [1.54, 1.807) is 0 Å². The topological polar surface area (TPSA) is 38.7 Å². The first-order valence-corrected chi connectivity index (χ1v) is 18.3. The zero-order valence-electron chi connectivity index (χ0n) is 29.4. The Labute approximate surface area is 313 Å². The molecule has 0 unspecified atom stereocenters. The lowest BCUT2D eigenvalue weighted by atomic mass is 9.90. The van der Waals surface area contributed by atoms with Crippen molar-refractivity contribution in [2.45, 2.75) is 0 Å². The zero-order chi connectivity index (χ0) is 35.8. The van der Waals surface area contributed by atoms with Gasteiger partial charge in [-0.3, -0.25) is 0 Å². The van der Waals surface area contributed by atoms with Crippen LogP contribution in [0.25, 0.3) is 99.9 Å². The number of hydrogen-bond acceptors (Lipinski definition) is 3. The van der Waals surface area contributed by atoms with Crippen LogP contribution in [0.15, 0.2) is 200 Å². The smallest absolute Gasteiger partial charge is 0.0709 e. The van der Waals surface area contributed by atoms with Crippen molar-refractivity contribution < 1.29 is 0 Å². The predicted molar refractivity (Wildman–Crippen MR) is 225 cm³/mol. The van der Waals surface area contributed by atoms with Crippen LogP contribution >= 0.6 is 0 Å². The predicted octanol–water partition coefficient (Wildman–Crippen LogP) is 13.3. The van der Waals surface area contributed by atoms with Crippen molar-refractivity contribution in [1.29, 1.82) is 0 Å². The Morgan fingerprint density at radius 1 is 0.185 bits per heavy atom. The minimum Gasteiger partial charge on any atom is -0.248 e. The van der Waals surface area contributed by atoms with E-state index in [9.17, 15) is 0 Å². The first kappa shape index (κ1) is 31.5. The Morgan fingerprint density at radius 2 is 0.444 bits per heavy atom. The van der Waals surface area contributed by atoms with Gasteiger partial charge in [0.05, 0.1) is 34.2 Å². The minimum absolute atomic E-state index is 0.945. The van der Waals surface area contributed by atoms with Crippen LogP contribution in [0.3, 0.4) is 0 Å². The Hall–Kier alpha value is -7.23. The summed E-state index contributed by atoms with van der Waals surface area (Å²) in [5, 5.41) is 7.13. The average molecular weight is 688 g/mol. The van der Waals surface area contributed by atoms with Gasteiger partial charge in [0, 0.05) is 33.4 Å². The second kappa shape index (κ2) is 13.4. The Bertz CT molecular complexity index is 2620. The van der Waals surface area contributed by atoms with Crippen molar-refractivity contribution in [3.63, 3.8) is 0 Å². The van der Waals surface area contributed by atoms with Gasteiger partial charge < -0.3 is 0 Å². The highest BCUT2D eigenvalue weighted by Crippen LogP contribution is 2.40. The highest BCUT2D eigenvalue weighted by Gasteiger charge is 2.15. The van der Waals surface area contributed by atoms with Gasteiger partial charge in [-0.25, -0.2) is 15.0 Å². The zero-order valence-corrected chi connectivity index (χ0v) is 29.4. The standard InChI is InChI=1S/C51H33N3/c1-4-13-34(14-5-1)46-19-10-22-49(52-46)37-25-28-40-43(31-37)41-29-26-38(50-23-11-20-47(53-50)35-15-6-2-7-16-35)33-45(41)42-30-27-39(32-44(40)42)51-24-12-21-48(54-51)36-17-8-3-9-18-36/h1-33H. The minimum atomic E-state index is 0.945. The van der Waals surface area contributed by atoms with E-state index in [-0.39, 0.29) is 0 Å². The van der Waals surface area contributed by atoms with Crippen LogP contribution in [0.1, 0.15) is 0 Å². The van der Waals surface area contributed by atoms with Gasteiger partial charge in [-0.2, -0.15) is 0 Å². The maximum absolute atomic E-state index is 5.12. The van der Waals surface area contributed by atoms with E-state index in [4.69, 9.17) is 15.0 Å². The van der Waals surface area contributed by atoms with Gasteiger partial charge in [-0.05, 0) is 86.9 Å². The van der Waals surface area contributed by atoms with Gasteiger partial charge in [0.25, 0.3) is 0 Å². The largest absolute Gasteiger partial charge is 0.248 e. The lowest BCUT2D eigenvalue weighted by Gasteiger charge is -2.15. The van der Waals surface area contributed by atoms with Crippen molar-refractivity contribution in [3.8, 4) is 67.5 Å². The molecule has 7 aromatic carbocycles. The maximum atomic E-state index is 5.12. The molecule has 0 aliphatic rings. The summed E-state index contributed by atoms with van der Waals surface area (Å²) in [7, 11) is 0. The molecule has 0 amide bonds. The second-order valence-corrected chi connectivity index (χ2v) is 13.6. The maximum Gasteiger partial charge on any atom is 0.0709 e. The van der Waals surface area contributed by atoms with Crippen molar-refractivity contribution in [1.82, 2.24) is 15.0 Å². The normalized spacial score (nSPS) is 11.3.